The highest BCUT2D eigenvalue weighted by Gasteiger charge is 2.16. The van der Waals surface area contributed by atoms with Crippen LogP contribution in [0.25, 0.3) is 0 Å². The minimum Gasteiger partial charge on any atom is -0.363 e. The van der Waals surface area contributed by atoms with Gasteiger partial charge in [-0.2, -0.15) is 0 Å². The summed E-state index contributed by atoms with van der Waals surface area (Å²) < 4.78 is 2.16. The Bertz CT molecular complexity index is 305. The number of hydrogen-bond donors (Lipinski definition) is 0. The molecule has 0 N–H and O–H groups in total. The molecular formula is C11H21N3. The van der Waals surface area contributed by atoms with Gasteiger partial charge in [-0.3, -0.25) is 0 Å². The highest BCUT2D eigenvalue weighted by atomic mass is 15.2. The molecule has 0 atom stereocenters. The van der Waals surface area contributed by atoms with E-state index in [0.29, 0.717) is 5.41 Å². The first-order chi connectivity index (χ1) is 6.31. The van der Waals surface area contributed by atoms with Gasteiger partial charge in [-0.25, -0.2) is 4.98 Å². The lowest BCUT2D eigenvalue weighted by Crippen LogP contribution is -2.16. The third kappa shape index (κ3) is 2.50. The normalized spacial score (nSPS) is 11.9. The van der Waals surface area contributed by atoms with Gasteiger partial charge in [0.15, 0.2) is 0 Å². The molecule has 0 fully saturated rings. The molecule has 3 nitrogen and oxygen atoms in total. The summed E-state index contributed by atoms with van der Waals surface area (Å²) in [6, 6.07) is 0. The fraction of sp³-hybridized carbons (Fsp3) is 0.727. The highest BCUT2D eigenvalue weighted by Crippen LogP contribution is 2.21. The van der Waals surface area contributed by atoms with E-state index in [9.17, 15) is 0 Å². The lowest BCUT2D eigenvalue weighted by atomic mass is 9.92. The van der Waals surface area contributed by atoms with Crippen molar-refractivity contribution in [1.82, 2.24) is 9.55 Å². The predicted molar refractivity (Wildman–Crippen MR) is 60.7 cm³/mol. The zero-order valence-corrected chi connectivity index (χ0v) is 10.1. The molecule has 3 heteroatoms. The van der Waals surface area contributed by atoms with Gasteiger partial charge in [0.2, 0.25) is 0 Å². The molecule has 0 aromatic carbocycles. The zero-order chi connectivity index (χ0) is 10.9. The summed E-state index contributed by atoms with van der Waals surface area (Å²) in [6.45, 7) is 6.70. The van der Waals surface area contributed by atoms with E-state index in [4.69, 9.17) is 0 Å². The first kappa shape index (κ1) is 11.1. The van der Waals surface area contributed by atoms with Crippen molar-refractivity contribution in [3.8, 4) is 0 Å². The molecule has 14 heavy (non-hydrogen) atoms. The van der Waals surface area contributed by atoms with Gasteiger partial charge in [-0.05, 0) is 5.41 Å². The molecular weight excluding hydrogens is 174 g/mol. The quantitative estimate of drug-likeness (QED) is 0.720. The summed E-state index contributed by atoms with van der Waals surface area (Å²) in [4.78, 5) is 6.53. The lowest BCUT2D eigenvalue weighted by Gasteiger charge is -2.19. The second kappa shape index (κ2) is 3.64. The number of nitrogens with zero attached hydrogens (tertiary/aromatic N) is 3. The summed E-state index contributed by atoms with van der Waals surface area (Å²) in [5.41, 5.74) is 0.294. The van der Waals surface area contributed by atoms with Crippen LogP contribution in [0.1, 0.15) is 26.6 Å². The summed E-state index contributed by atoms with van der Waals surface area (Å²) in [7, 11) is 6.15. The van der Waals surface area contributed by atoms with Crippen molar-refractivity contribution in [3.05, 3.63) is 12.0 Å². The van der Waals surface area contributed by atoms with Crippen molar-refractivity contribution in [3.63, 3.8) is 0 Å². The Kier molecular flexibility index (Phi) is 2.88. The number of hydrogen-bond acceptors (Lipinski definition) is 2. The topological polar surface area (TPSA) is 21.1 Å². The standard InChI is InChI=1S/C11H21N3/c1-11(2,3)7-9-12-8-10(13(4)5)14(9)6/h8H,7H2,1-6H3. The van der Waals surface area contributed by atoms with Gasteiger partial charge in [0.25, 0.3) is 0 Å². The van der Waals surface area contributed by atoms with Gasteiger partial charge in [0.1, 0.15) is 11.6 Å². The van der Waals surface area contributed by atoms with Gasteiger partial charge >= 0.3 is 0 Å². The average Bonchev–Trinajstić information content (AvgIpc) is 2.29. The molecule has 0 aliphatic heterocycles. The average molecular weight is 195 g/mol. The Morgan fingerprint density at radius 2 is 1.93 bits per heavy atom. The minimum absolute atomic E-state index is 0.294. The maximum Gasteiger partial charge on any atom is 0.127 e. The molecule has 1 rings (SSSR count). The summed E-state index contributed by atoms with van der Waals surface area (Å²) in [5.74, 6) is 2.31. The Hall–Kier alpha value is -0.990. The molecule has 0 aliphatic rings. The Morgan fingerprint density at radius 3 is 2.29 bits per heavy atom. The molecule has 0 radical (unpaired) electrons. The third-order valence-corrected chi connectivity index (χ3v) is 2.21. The molecule has 0 aliphatic carbocycles. The van der Waals surface area contributed by atoms with E-state index in [1.54, 1.807) is 0 Å². The smallest absolute Gasteiger partial charge is 0.127 e. The van der Waals surface area contributed by atoms with Crippen molar-refractivity contribution in [1.29, 1.82) is 0 Å². The van der Waals surface area contributed by atoms with Gasteiger partial charge in [-0.15, -0.1) is 0 Å². The van der Waals surface area contributed by atoms with E-state index >= 15 is 0 Å². The number of anilines is 1. The van der Waals surface area contributed by atoms with Crippen LogP contribution in [0, 0.1) is 5.41 Å². The van der Waals surface area contributed by atoms with Crippen molar-refractivity contribution >= 4 is 5.82 Å². The van der Waals surface area contributed by atoms with Crippen LogP contribution in [0.4, 0.5) is 5.82 Å². The van der Waals surface area contributed by atoms with Crippen LogP contribution in [-0.4, -0.2) is 23.6 Å². The third-order valence-electron chi connectivity index (χ3n) is 2.21. The molecule has 80 valence electrons. The Morgan fingerprint density at radius 1 is 1.36 bits per heavy atom. The first-order valence-corrected chi connectivity index (χ1v) is 4.99. The van der Waals surface area contributed by atoms with E-state index < -0.39 is 0 Å². The van der Waals surface area contributed by atoms with Crippen LogP contribution in [-0.2, 0) is 13.5 Å². The SMILES string of the molecule is CN(C)c1cnc(CC(C)(C)C)n1C. The molecule has 1 aromatic rings. The van der Waals surface area contributed by atoms with Crippen LogP contribution >= 0.6 is 0 Å². The Labute approximate surface area is 86.7 Å². The lowest BCUT2D eigenvalue weighted by molar-refractivity contribution is 0.395. The maximum absolute atomic E-state index is 4.44. The van der Waals surface area contributed by atoms with Gasteiger partial charge < -0.3 is 9.47 Å². The van der Waals surface area contributed by atoms with E-state index in [0.717, 1.165) is 18.1 Å². The second-order valence-electron chi connectivity index (χ2n) is 5.22. The molecule has 0 saturated carbocycles. The highest BCUT2D eigenvalue weighted by molar-refractivity contribution is 5.36. The van der Waals surface area contributed by atoms with Crippen LogP contribution in [0.2, 0.25) is 0 Å². The van der Waals surface area contributed by atoms with Crippen LogP contribution in [0.5, 0.6) is 0 Å². The van der Waals surface area contributed by atoms with Crippen LogP contribution in [0.3, 0.4) is 0 Å². The molecule has 0 unspecified atom stereocenters. The van der Waals surface area contributed by atoms with Crippen molar-refractivity contribution in [2.24, 2.45) is 12.5 Å². The monoisotopic (exact) mass is 195 g/mol. The number of imidazole rings is 1. The summed E-state index contributed by atoms with van der Waals surface area (Å²) in [5, 5.41) is 0. The molecule has 1 aromatic heterocycles. The molecule has 0 saturated heterocycles. The molecule has 0 amide bonds. The van der Waals surface area contributed by atoms with Crippen molar-refractivity contribution in [2.45, 2.75) is 27.2 Å². The van der Waals surface area contributed by atoms with Gasteiger partial charge in [0, 0.05) is 27.6 Å². The van der Waals surface area contributed by atoms with Crippen molar-refractivity contribution < 1.29 is 0 Å². The van der Waals surface area contributed by atoms with E-state index in [1.165, 1.54) is 0 Å². The van der Waals surface area contributed by atoms with Gasteiger partial charge in [0.05, 0.1) is 6.20 Å². The Balaban J connectivity index is 2.91. The van der Waals surface area contributed by atoms with Crippen LogP contribution < -0.4 is 4.90 Å². The zero-order valence-electron chi connectivity index (χ0n) is 10.1. The largest absolute Gasteiger partial charge is 0.363 e. The van der Waals surface area contributed by atoms with Crippen molar-refractivity contribution in [2.75, 3.05) is 19.0 Å². The minimum atomic E-state index is 0.294. The number of rotatable bonds is 2. The van der Waals surface area contributed by atoms with E-state index in [1.807, 2.05) is 20.3 Å². The molecule has 0 spiro atoms. The molecule has 1 heterocycles. The summed E-state index contributed by atoms with van der Waals surface area (Å²) in [6.07, 6.45) is 2.94. The first-order valence-electron chi connectivity index (χ1n) is 4.99. The number of aromatic nitrogens is 2. The fourth-order valence-corrected chi connectivity index (χ4v) is 1.49. The van der Waals surface area contributed by atoms with E-state index in [2.05, 4.69) is 42.3 Å². The fourth-order valence-electron chi connectivity index (χ4n) is 1.49. The second-order valence-corrected chi connectivity index (χ2v) is 5.22. The molecule has 0 bridgehead atoms. The van der Waals surface area contributed by atoms with Crippen LogP contribution in [0.15, 0.2) is 6.20 Å². The predicted octanol–water partition coefficient (Wildman–Crippen LogP) is 2.07. The van der Waals surface area contributed by atoms with E-state index in [-0.39, 0.29) is 0 Å². The maximum atomic E-state index is 4.44. The summed E-state index contributed by atoms with van der Waals surface area (Å²) >= 11 is 0. The van der Waals surface area contributed by atoms with Gasteiger partial charge in [-0.1, -0.05) is 20.8 Å².